The van der Waals surface area contributed by atoms with Gasteiger partial charge in [0.05, 0.1) is 24.7 Å². The summed E-state index contributed by atoms with van der Waals surface area (Å²) < 4.78 is 3.96. The molecule has 1 aromatic heterocycles. The molecule has 0 saturated carbocycles. The molecule has 1 aliphatic carbocycles. The van der Waals surface area contributed by atoms with Crippen molar-refractivity contribution in [2.75, 3.05) is 11.9 Å². The molecule has 1 heterocycles. The third kappa shape index (κ3) is 2.56. The number of imidazole rings is 1. The number of anilines is 1. The monoisotopic (exact) mass is 348 g/mol. The summed E-state index contributed by atoms with van der Waals surface area (Å²) in [6, 6.07) is 9.80. The minimum absolute atomic E-state index is 0.0751. The number of nitrogens with one attached hydrogen (secondary N) is 1. The van der Waals surface area contributed by atoms with Gasteiger partial charge in [-0.15, -0.1) is 0 Å². The first kappa shape index (κ1) is 16.1. The molecule has 0 unspecified atom stereocenters. The Morgan fingerprint density at radius 2 is 1.73 bits per heavy atom. The molecule has 3 aromatic rings. The Kier molecular flexibility index (Phi) is 3.80. The number of carbonyl (C=O) groups is 2. The van der Waals surface area contributed by atoms with Gasteiger partial charge in [-0.1, -0.05) is 24.3 Å². The number of benzene rings is 2. The quantitative estimate of drug-likeness (QED) is 0.436. The van der Waals surface area contributed by atoms with Crippen LogP contribution in [-0.4, -0.2) is 27.8 Å². The van der Waals surface area contributed by atoms with Gasteiger partial charge in [-0.2, -0.15) is 0 Å². The Morgan fingerprint density at radius 3 is 2.38 bits per heavy atom. The largest absolute Gasteiger partial charge is 0.507 e. The number of aryl methyl sites for hydroxylation is 1. The van der Waals surface area contributed by atoms with Crippen molar-refractivity contribution < 1.29 is 19.3 Å². The van der Waals surface area contributed by atoms with Gasteiger partial charge in [-0.3, -0.25) is 9.59 Å². The van der Waals surface area contributed by atoms with Gasteiger partial charge in [-0.05, 0) is 12.1 Å². The van der Waals surface area contributed by atoms with Crippen molar-refractivity contribution in [3.05, 3.63) is 77.4 Å². The molecule has 0 fully saturated rings. The molecule has 130 valence electrons. The van der Waals surface area contributed by atoms with Crippen molar-refractivity contribution in [3.8, 4) is 5.75 Å². The number of hydrogen-bond donors (Lipinski definition) is 2. The van der Waals surface area contributed by atoms with E-state index in [1.165, 1.54) is 6.07 Å². The van der Waals surface area contributed by atoms with E-state index in [9.17, 15) is 14.7 Å². The van der Waals surface area contributed by atoms with Gasteiger partial charge in [0, 0.05) is 16.8 Å². The van der Waals surface area contributed by atoms with Crippen LogP contribution in [0.1, 0.15) is 31.8 Å². The highest BCUT2D eigenvalue weighted by molar-refractivity contribution is 6.31. The predicted octanol–water partition coefficient (Wildman–Crippen LogP) is 1.91. The predicted molar refractivity (Wildman–Crippen MR) is 95.5 cm³/mol. The fourth-order valence-electron chi connectivity index (χ4n) is 3.31. The minimum Gasteiger partial charge on any atom is -0.507 e. The smallest absolute Gasteiger partial charge is 0.243 e. The number of rotatable bonds is 4. The minimum atomic E-state index is -0.325. The Bertz CT molecular complexity index is 1040. The van der Waals surface area contributed by atoms with E-state index in [1.54, 1.807) is 30.3 Å². The Morgan fingerprint density at radius 1 is 1.04 bits per heavy atom. The fraction of sp³-hybridized carbons (Fsp3) is 0.150. The van der Waals surface area contributed by atoms with Crippen LogP contribution in [0.4, 0.5) is 5.69 Å². The van der Waals surface area contributed by atoms with E-state index in [-0.39, 0.29) is 28.4 Å². The zero-order chi connectivity index (χ0) is 18.3. The Balaban J connectivity index is 1.68. The average molecular weight is 348 g/mol. The summed E-state index contributed by atoms with van der Waals surface area (Å²) in [5.74, 6) is -0.745. The molecule has 2 aromatic carbocycles. The molecule has 0 amide bonds. The van der Waals surface area contributed by atoms with Crippen molar-refractivity contribution in [3.63, 3.8) is 0 Å². The first-order valence-electron chi connectivity index (χ1n) is 8.35. The second-order valence-electron chi connectivity index (χ2n) is 6.33. The van der Waals surface area contributed by atoms with E-state index in [4.69, 9.17) is 0 Å². The molecule has 0 atom stereocenters. The van der Waals surface area contributed by atoms with Crippen LogP contribution in [0.2, 0.25) is 0 Å². The van der Waals surface area contributed by atoms with Crippen LogP contribution < -0.4 is 9.88 Å². The van der Waals surface area contributed by atoms with Crippen molar-refractivity contribution in [2.45, 2.75) is 6.54 Å². The van der Waals surface area contributed by atoms with Gasteiger partial charge < -0.3 is 10.4 Å². The van der Waals surface area contributed by atoms with Crippen molar-refractivity contribution in [1.29, 1.82) is 0 Å². The first-order chi connectivity index (χ1) is 12.6. The molecule has 0 radical (unpaired) electrons. The maximum Gasteiger partial charge on any atom is 0.243 e. The van der Waals surface area contributed by atoms with Crippen LogP contribution in [0.15, 0.2) is 55.1 Å². The lowest BCUT2D eigenvalue weighted by Crippen LogP contribution is -2.35. The van der Waals surface area contributed by atoms with Crippen LogP contribution in [0, 0.1) is 0 Å². The number of phenolic OH excluding ortho intramolecular Hbond substituents is 1. The average Bonchev–Trinajstić information content (AvgIpc) is 3.06. The lowest BCUT2D eigenvalue weighted by atomic mass is 9.82. The Hall–Kier alpha value is -3.41. The molecule has 6 heteroatoms. The van der Waals surface area contributed by atoms with Crippen LogP contribution in [0.25, 0.3) is 0 Å². The normalized spacial score (nSPS) is 12.7. The number of aromatic hydroxyl groups is 1. The maximum absolute atomic E-state index is 13.0. The number of nitrogens with zero attached hydrogens (tertiary/aromatic N) is 2. The highest BCUT2D eigenvalue weighted by Crippen LogP contribution is 2.36. The lowest BCUT2D eigenvalue weighted by molar-refractivity contribution is -0.693. The van der Waals surface area contributed by atoms with E-state index >= 15 is 0 Å². The van der Waals surface area contributed by atoms with Crippen molar-refractivity contribution in [1.82, 2.24) is 4.57 Å². The summed E-state index contributed by atoms with van der Waals surface area (Å²) >= 11 is 0. The molecule has 2 N–H and O–H groups in total. The highest BCUT2D eigenvalue weighted by Gasteiger charge is 2.33. The van der Waals surface area contributed by atoms with Gasteiger partial charge in [-0.25, -0.2) is 9.13 Å². The van der Waals surface area contributed by atoms with Crippen LogP contribution in [-0.2, 0) is 13.6 Å². The van der Waals surface area contributed by atoms with Gasteiger partial charge in [0.2, 0.25) is 6.33 Å². The highest BCUT2D eigenvalue weighted by atomic mass is 16.3. The first-order valence-corrected chi connectivity index (χ1v) is 8.35. The van der Waals surface area contributed by atoms with E-state index in [2.05, 4.69) is 5.32 Å². The topological polar surface area (TPSA) is 75.2 Å². The second-order valence-corrected chi connectivity index (χ2v) is 6.33. The van der Waals surface area contributed by atoms with Crippen molar-refractivity contribution in [2.24, 2.45) is 7.05 Å². The summed E-state index contributed by atoms with van der Waals surface area (Å²) in [5, 5.41) is 13.4. The fourth-order valence-corrected chi connectivity index (χ4v) is 3.31. The number of ketones is 2. The summed E-state index contributed by atoms with van der Waals surface area (Å²) in [6.45, 7) is 1.28. The summed E-state index contributed by atoms with van der Waals surface area (Å²) in [5.41, 5.74) is 1.58. The molecule has 0 bridgehead atoms. The number of aromatic nitrogens is 2. The van der Waals surface area contributed by atoms with Gasteiger partial charge in [0.1, 0.15) is 24.7 Å². The lowest BCUT2D eigenvalue weighted by Gasteiger charge is -2.21. The van der Waals surface area contributed by atoms with Gasteiger partial charge in [0.25, 0.3) is 0 Å². The van der Waals surface area contributed by atoms with E-state index < -0.39 is 0 Å². The molecule has 0 saturated heterocycles. The van der Waals surface area contributed by atoms with Crippen molar-refractivity contribution >= 4 is 17.3 Å². The number of hydrogen-bond acceptors (Lipinski definition) is 4. The second kappa shape index (κ2) is 6.15. The molecule has 6 nitrogen and oxygen atoms in total. The van der Waals surface area contributed by atoms with Crippen LogP contribution in [0.5, 0.6) is 5.75 Å². The van der Waals surface area contributed by atoms with E-state index in [0.29, 0.717) is 29.9 Å². The molecule has 4 rings (SSSR count). The zero-order valence-electron chi connectivity index (χ0n) is 14.3. The van der Waals surface area contributed by atoms with E-state index in [0.717, 1.165) is 0 Å². The van der Waals surface area contributed by atoms with E-state index in [1.807, 2.05) is 34.9 Å². The molecule has 0 spiro atoms. The Labute approximate surface area is 150 Å². The van der Waals surface area contributed by atoms with Gasteiger partial charge >= 0.3 is 0 Å². The third-order valence-corrected chi connectivity index (χ3v) is 4.56. The number of fused-ring (bicyclic) bond motifs is 2. The number of carbonyl (C=O) groups excluding carboxylic acids is 2. The maximum atomic E-state index is 13.0. The molecular weight excluding hydrogens is 330 g/mol. The van der Waals surface area contributed by atoms with Gasteiger partial charge in [0.15, 0.2) is 11.6 Å². The number of phenols is 1. The van der Waals surface area contributed by atoms with Crippen LogP contribution in [0.3, 0.4) is 0 Å². The molecule has 1 aliphatic rings. The summed E-state index contributed by atoms with van der Waals surface area (Å²) in [4.78, 5) is 25.7. The molecule has 0 aliphatic heterocycles. The summed E-state index contributed by atoms with van der Waals surface area (Å²) in [6.07, 6.45) is 5.86. The third-order valence-electron chi connectivity index (χ3n) is 4.56. The summed E-state index contributed by atoms with van der Waals surface area (Å²) in [7, 11) is 1.95. The molecule has 26 heavy (non-hydrogen) atoms. The zero-order valence-corrected chi connectivity index (χ0v) is 14.3. The molecular formula is C20H18N3O3+. The van der Waals surface area contributed by atoms with Crippen LogP contribution >= 0.6 is 0 Å². The SMILES string of the molecule is Cn1cc[n+](CCNc2ccc(O)c3c2C(=O)c2ccccc2C3=O)c1. The standard InChI is InChI=1S/C20H17N3O3/c1-22-10-11-23(12-22)9-8-21-15-6-7-16(24)18-17(15)19(25)13-4-2-3-5-14(13)20(18)26/h2-7,10-12H,8-9H2,1H3,(H-,21,24,25,26)/p+1.